The summed E-state index contributed by atoms with van der Waals surface area (Å²) in [5.41, 5.74) is 2.22. The molecule has 20 heavy (non-hydrogen) atoms. The molecular formula is C18H18O2. The molecule has 0 saturated heterocycles. The van der Waals surface area contributed by atoms with Gasteiger partial charge < -0.3 is 5.11 Å². The van der Waals surface area contributed by atoms with Gasteiger partial charge in [0, 0.05) is 5.57 Å². The van der Waals surface area contributed by atoms with Gasteiger partial charge in [0.05, 0.1) is 0 Å². The van der Waals surface area contributed by atoms with Crippen molar-refractivity contribution in [1.82, 2.24) is 0 Å². The van der Waals surface area contributed by atoms with Crippen molar-refractivity contribution >= 4 is 12.0 Å². The number of carboxylic acid groups (broad SMARTS) is 1. The van der Waals surface area contributed by atoms with Crippen LogP contribution in [0.15, 0.2) is 85.0 Å². The van der Waals surface area contributed by atoms with Crippen LogP contribution in [0.2, 0.25) is 0 Å². The summed E-state index contributed by atoms with van der Waals surface area (Å²) in [6.07, 6.45) is 10.8. The molecule has 0 radical (unpaired) electrons. The van der Waals surface area contributed by atoms with Gasteiger partial charge >= 0.3 is 5.97 Å². The highest BCUT2D eigenvalue weighted by molar-refractivity contribution is 5.87. The van der Waals surface area contributed by atoms with Crippen molar-refractivity contribution < 1.29 is 9.90 Å². The fourth-order valence-electron chi connectivity index (χ4n) is 1.53. The second-order valence-corrected chi connectivity index (χ2v) is 4.10. The summed E-state index contributed by atoms with van der Waals surface area (Å²) in [6.45, 7) is 7.27. The lowest BCUT2D eigenvalue weighted by Gasteiger charge is -1.97. The number of carboxylic acids is 1. The summed E-state index contributed by atoms with van der Waals surface area (Å²) in [5, 5.41) is 9.01. The number of rotatable bonds is 7. The molecule has 0 aliphatic rings. The molecule has 0 unspecified atom stereocenters. The molecule has 0 spiro atoms. The minimum atomic E-state index is -0.934. The second kappa shape index (κ2) is 8.48. The van der Waals surface area contributed by atoms with E-state index in [0.717, 1.165) is 11.1 Å². The topological polar surface area (TPSA) is 37.3 Å². The molecular weight excluding hydrogens is 248 g/mol. The van der Waals surface area contributed by atoms with Gasteiger partial charge in [-0.05, 0) is 17.6 Å². The number of allylic oxidation sites excluding steroid dienone is 6. The molecule has 0 saturated carbocycles. The minimum absolute atomic E-state index is 0.299. The predicted octanol–water partition coefficient (Wildman–Crippen LogP) is 4.40. The highest BCUT2D eigenvalue weighted by Gasteiger charge is 2.02. The van der Waals surface area contributed by atoms with Crippen LogP contribution in [-0.4, -0.2) is 11.1 Å². The van der Waals surface area contributed by atoms with E-state index in [-0.39, 0.29) is 0 Å². The van der Waals surface area contributed by atoms with Gasteiger partial charge in [-0.1, -0.05) is 73.4 Å². The largest absolute Gasteiger partial charge is 0.478 e. The first-order valence-corrected chi connectivity index (χ1v) is 6.28. The summed E-state index contributed by atoms with van der Waals surface area (Å²) < 4.78 is 0. The maximum atomic E-state index is 11.0. The quantitative estimate of drug-likeness (QED) is 0.451. The summed E-state index contributed by atoms with van der Waals surface area (Å²) in [5.74, 6) is -0.934. The third kappa shape index (κ3) is 5.36. The van der Waals surface area contributed by atoms with Gasteiger partial charge in [-0.15, -0.1) is 6.58 Å². The maximum absolute atomic E-state index is 11.0. The SMILES string of the molecule is C=CCC(=CC=C(C=C)C=Cc1ccccc1)C(=O)O. The number of hydrogen-bond donors (Lipinski definition) is 1. The Kier molecular flexibility index (Phi) is 6.55. The standard InChI is InChI=1S/C18H18O2/c1-3-8-17(18(19)20)14-13-15(4-2)11-12-16-9-6-5-7-10-16/h3-7,9-14H,1-2,8H2,(H,19,20). The van der Waals surface area contributed by atoms with Crippen LogP contribution in [0.1, 0.15) is 12.0 Å². The lowest BCUT2D eigenvalue weighted by atomic mass is 10.1. The van der Waals surface area contributed by atoms with Gasteiger partial charge in [-0.2, -0.15) is 0 Å². The fraction of sp³-hybridized carbons (Fsp3) is 0.0556. The Hall–Kier alpha value is -2.61. The van der Waals surface area contributed by atoms with Crippen molar-refractivity contribution in [2.45, 2.75) is 6.42 Å². The third-order valence-electron chi connectivity index (χ3n) is 2.62. The first-order chi connectivity index (χ1) is 9.67. The predicted molar refractivity (Wildman–Crippen MR) is 84.3 cm³/mol. The molecule has 1 aromatic rings. The van der Waals surface area contributed by atoms with Gasteiger partial charge in [0.1, 0.15) is 0 Å². The molecule has 102 valence electrons. The van der Waals surface area contributed by atoms with Crippen LogP contribution in [0.3, 0.4) is 0 Å². The second-order valence-electron chi connectivity index (χ2n) is 4.10. The van der Waals surface area contributed by atoms with Crippen LogP contribution >= 0.6 is 0 Å². The Bertz CT molecular complexity index is 560. The van der Waals surface area contributed by atoms with E-state index in [1.54, 1.807) is 24.3 Å². The van der Waals surface area contributed by atoms with Crippen molar-refractivity contribution in [3.63, 3.8) is 0 Å². The van der Waals surface area contributed by atoms with Crippen LogP contribution < -0.4 is 0 Å². The number of benzene rings is 1. The molecule has 1 rings (SSSR count). The lowest BCUT2D eigenvalue weighted by Crippen LogP contribution is -1.98. The molecule has 0 bridgehead atoms. The molecule has 2 heteroatoms. The smallest absolute Gasteiger partial charge is 0.331 e. The highest BCUT2D eigenvalue weighted by atomic mass is 16.4. The number of carbonyl (C=O) groups is 1. The Morgan fingerprint density at radius 2 is 1.85 bits per heavy atom. The Balaban J connectivity index is 2.89. The Morgan fingerprint density at radius 3 is 2.40 bits per heavy atom. The molecule has 1 aromatic carbocycles. The first-order valence-electron chi connectivity index (χ1n) is 6.28. The van der Waals surface area contributed by atoms with E-state index in [0.29, 0.717) is 12.0 Å². The monoisotopic (exact) mass is 266 g/mol. The molecule has 0 aliphatic heterocycles. The molecule has 0 aliphatic carbocycles. The zero-order chi connectivity index (χ0) is 14.8. The Labute approximate surface area is 119 Å². The maximum Gasteiger partial charge on any atom is 0.331 e. The van der Waals surface area contributed by atoms with Gasteiger partial charge in [-0.25, -0.2) is 4.79 Å². The van der Waals surface area contributed by atoms with Gasteiger partial charge in [0.25, 0.3) is 0 Å². The van der Waals surface area contributed by atoms with Crippen LogP contribution in [-0.2, 0) is 4.79 Å². The lowest BCUT2D eigenvalue weighted by molar-refractivity contribution is -0.132. The van der Waals surface area contributed by atoms with Crippen molar-refractivity contribution in [3.8, 4) is 0 Å². The molecule has 0 heterocycles. The van der Waals surface area contributed by atoms with Crippen molar-refractivity contribution in [3.05, 3.63) is 90.6 Å². The van der Waals surface area contributed by atoms with E-state index in [1.807, 2.05) is 42.5 Å². The normalized spacial score (nSPS) is 12.4. The van der Waals surface area contributed by atoms with E-state index >= 15 is 0 Å². The molecule has 0 fully saturated rings. The average molecular weight is 266 g/mol. The van der Waals surface area contributed by atoms with E-state index < -0.39 is 5.97 Å². The summed E-state index contributed by atoms with van der Waals surface area (Å²) >= 11 is 0. The zero-order valence-corrected chi connectivity index (χ0v) is 11.3. The average Bonchev–Trinajstić information content (AvgIpc) is 2.47. The van der Waals surface area contributed by atoms with Gasteiger partial charge in [-0.3, -0.25) is 0 Å². The van der Waals surface area contributed by atoms with E-state index in [1.165, 1.54) is 0 Å². The molecule has 0 amide bonds. The van der Waals surface area contributed by atoms with Crippen LogP contribution in [0.5, 0.6) is 0 Å². The van der Waals surface area contributed by atoms with Crippen LogP contribution in [0, 0.1) is 0 Å². The van der Waals surface area contributed by atoms with Gasteiger partial charge in [0.15, 0.2) is 0 Å². The van der Waals surface area contributed by atoms with Gasteiger partial charge in [0.2, 0.25) is 0 Å². The first kappa shape index (κ1) is 15.4. The summed E-state index contributed by atoms with van der Waals surface area (Å²) in [7, 11) is 0. The molecule has 0 aromatic heterocycles. The van der Waals surface area contributed by atoms with E-state index in [2.05, 4.69) is 13.2 Å². The zero-order valence-electron chi connectivity index (χ0n) is 11.3. The van der Waals surface area contributed by atoms with Crippen LogP contribution in [0.4, 0.5) is 0 Å². The number of hydrogen-bond acceptors (Lipinski definition) is 1. The van der Waals surface area contributed by atoms with E-state index in [4.69, 9.17) is 5.11 Å². The number of aliphatic carboxylic acids is 1. The third-order valence-corrected chi connectivity index (χ3v) is 2.62. The summed E-state index contributed by atoms with van der Waals surface area (Å²) in [6, 6.07) is 9.87. The summed E-state index contributed by atoms with van der Waals surface area (Å²) in [4.78, 5) is 11.0. The molecule has 1 N–H and O–H groups in total. The van der Waals surface area contributed by atoms with Crippen molar-refractivity contribution in [2.24, 2.45) is 0 Å². The van der Waals surface area contributed by atoms with E-state index in [9.17, 15) is 4.79 Å². The highest BCUT2D eigenvalue weighted by Crippen LogP contribution is 2.08. The molecule has 0 atom stereocenters. The fourth-order valence-corrected chi connectivity index (χ4v) is 1.53. The van der Waals surface area contributed by atoms with Crippen molar-refractivity contribution in [2.75, 3.05) is 0 Å². The van der Waals surface area contributed by atoms with Crippen LogP contribution in [0.25, 0.3) is 6.08 Å². The van der Waals surface area contributed by atoms with Crippen molar-refractivity contribution in [1.29, 1.82) is 0 Å². The molecule has 2 nitrogen and oxygen atoms in total. The minimum Gasteiger partial charge on any atom is -0.478 e. The Morgan fingerprint density at radius 1 is 1.15 bits per heavy atom.